The van der Waals surface area contributed by atoms with Gasteiger partial charge in [-0.2, -0.15) is 4.98 Å². The van der Waals surface area contributed by atoms with Crippen LogP contribution in [0.1, 0.15) is 15.9 Å². The molecule has 0 fully saturated rings. The molecule has 3 aromatic rings. The van der Waals surface area contributed by atoms with Crippen molar-refractivity contribution >= 4 is 50.7 Å². The second-order valence-electron chi connectivity index (χ2n) is 6.90. The first-order valence-corrected chi connectivity index (χ1v) is 11.7. The zero-order chi connectivity index (χ0) is 24.2. The number of carbonyl (C=O) groups is 1. The first kappa shape index (κ1) is 24.1. The molecule has 0 atom stereocenters. The zero-order valence-corrected chi connectivity index (χ0v) is 18.8. The van der Waals surface area contributed by atoms with Crippen molar-refractivity contribution < 1.29 is 22.0 Å². The number of hydrogen-bond acceptors (Lipinski definition) is 7. The van der Waals surface area contributed by atoms with Crippen molar-refractivity contribution in [1.82, 2.24) is 9.97 Å². The van der Waals surface area contributed by atoms with Gasteiger partial charge in [0.05, 0.1) is 18.1 Å². The SMILES string of the molecule is CS(=O)(=O)Nc1c(F)cccc1Nc1nc(NCCc2cc(C(N)=O)ccc2F)ncc1Cl. The molecule has 33 heavy (non-hydrogen) atoms. The first-order chi connectivity index (χ1) is 15.5. The highest BCUT2D eigenvalue weighted by Gasteiger charge is 2.15. The van der Waals surface area contributed by atoms with Crippen molar-refractivity contribution in [3.05, 3.63) is 70.4 Å². The average molecular weight is 497 g/mol. The lowest BCUT2D eigenvalue weighted by Gasteiger charge is -2.14. The molecule has 0 unspecified atom stereocenters. The monoisotopic (exact) mass is 496 g/mol. The Hall–Kier alpha value is -3.51. The summed E-state index contributed by atoms with van der Waals surface area (Å²) in [6, 6.07) is 7.76. The molecule has 0 saturated heterocycles. The van der Waals surface area contributed by atoms with Crippen LogP contribution in [0.15, 0.2) is 42.6 Å². The molecule has 5 N–H and O–H groups in total. The second-order valence-corrected chi connectivity index (χ2v) is 9.05. The Bertz CT molecular complexity index is 1310. The van der Waals surface area contributed by atoms with Gasteiger partial charge in [0.1, 0.15) is 22.3 Å². The van der Waals surface area contributed by atoms with Crippen LogP contribution in [0, 0.1) is 11.6 Å². The lowest BCUT2D eigenvalue weighted by atomic mass is 10.1. The molecular formula is C20H19ClF2N6O3S. The van der Waals surface area contributed by atoms with Crippen LogP contribution in [-0.2, 0) is 16.4 Å². The minimum absolute atomic E-state index is 0.0808. The minimum atomic E-state index is -3.75. The molecule has 3 rings (SSSR count). The number of carbonyl (C=O) groups excluding carboxylic acids is 1. The van der Waals surface area contributed by atoms with Gasteiger partial charge in [0.2, 0.25) is 21.9 Å². The molecule has 1 aromatic heterocycles. The number of amides is 1. The standard InChI is InChI=1S/C20H19ClF2N6O3S/c1-33(31,32)29-17-15(23)3-2-4-16(17)27-19-13(21)10-26-20(28-19)25-8-7-11-9-12(18(24)30)5-6-14(11)22/h2-6,9-10,29H,7-8H2,1H3,(H2,24,30)(H2,25,26,27,28). The van der Waals surface area contributed by atoms with Gasteiger partial charge in [0, 0.05) is 12.1 Å². The number of rotatable bonds is 9. The number of nitrogens with two attached hydrogens (primary N) is 1. The van der Waals surface area contributed by atoms with Crippen LogP contribution >= 0.6 is 11.6 Å². The van der Waals surface area contributed by atoms with Gasteiger partial charge in [-0.05, 0) is 42.3 Å². The van der Waals surface area contributed by atoms with E-state index in [9.17, 15) is 22.0 Å². The topological polar surface area (TPSA) is 139 Å². The highest BCUT2D eigenvalue weighted by molar-refractivity contribution is 7.92. The summed E-state index contributed by atoms with van der Waals surface area (Å²) >= 11 is 6.13. The molecule has 2 aromatic carbocycles. The number of nitrogens with one attached hydrogen (secondary N) is 3. The summed E-state index contributed by atoms with van der Waals surface area (Å²) in [6.07, 6.45) is 2.38. The molecule has 174 valence electrons. The van der Waals surface area contributed by atoms with E-state index in [4.69, 9.17) is 17.3 Å². The number of para-hydroxylation sites is 1. The Morgan fingerprint density at radius 3 is 2.64 bits per heavy atom. The molecule has 0 saturated carbocycles. The van der Waals surface area contributed by atoms with E-state index in [-0.39, 0.29) is 52.3 Å². The van der Waals surface area contributed by atoms with Gasteiger partial charge >= 0.3 is 0 Å². The Morgan fingerprint density at radius 1 is 1.18 bits per heavy atom. The predicted octanol–water partition coefficient (Wildman–Crippen LogP) is 3.28. The van der Waals surface area contributed by atoms with E-state index < -0.39 is 27.6 Å². The summed E-state index contributed by atoms with van der Waals surface area (Å²) in [4.78, 5) is 19.5. The van der Waals surface area contributed by atoms with Crippen molar-refractivity contribution in [3.8, 4) is 0 Å². The number of halogens is 3. The largest absolute Gasteiger partial charge is 0.366 e. The highest BCUT2D eigenvalue weighted by atomic mass is 35.5. The smallest absolute Gasteiger partial charge is 0.248 e. The number of aromatic nitrogens is 2. The van der Waals surface area contributed by atoms with Gasteiger partial charge in [-0.3, -0.25) is 9.52 Å². The van der Waals surface area contributed by atoms with Crippen LogP contribution in [0.25, 0.3) is 0 Å². The summed E-state index contributed by atoms with van der Waals surface area (Å²) in [5, 5.41) is 5.77. The van der Waals surface area contributed by atoms with E-state index in [0.717, 1.165) is 18.4 Å². The van der Waals surface area contributed by atoms with Crippen molar-refractivity contribution in [1.29, 1.82) is 0 Å². The minimum Gasteiger partial charge on any atom is -0.366 e. The summed E-state index contributed by atoms with van der Waals surface area (Å²) in [7, 11) is -3.75. The fourth-order valence-electron chi connectivity index (χ4n) is 2.81. The van der Waals surface area contributed by atoms with E-state index in [2.05, 4.69) is 25.3 Å². The summed E-state index contributed by atoms with van der Waals surface area (Å²) in [5.41, 5.74) is 5.48. The summed E-state index contributed by atoms with van der Waals surface area (Å²) in [6.45, 7) is 0.209. The quantitative estimate of drug-likeness (QED) is 0.356. The molecule has 0 spiro atoms. The number of benzene rings is 2. The van der Waals surface area contributed by atoms with Crippen molar-refractivity contribution in [2.24, 2.45) is 5.73 Å². The number of sulfonamides is 1. The maximum Gasteiger partial charge on any atom is 0.248 e. The Morgan fingerprint density at radius 2 is 1.94 bits per heavy atom. The van der Waals surface area contributed by atoms with Crippen molar-refractivity contribution in [2.45, 2.75) is 6.42 Å². The molecule has 9 nitrogen and oxygen atoms in total. The van der Waals surface area contributed by atoms with E-state index in [1.165, 1.54) is 30.5 Å². The molecule has 1 amide bonds. The van der Waals surface area contributed by atoms with E-state index in [1.54, 1.807) is 0 Å². The lowest BCUT2D eigenvalue weighted by Crippen LogP contribution is -2.14. The van der Waals surface area contributed by atoms with Crippen molar-refractivity contribution in [3.63, 3.8) is 0 Å². The van der Waals surface area contributed by atoms with E-state index >= 15 is 0 Å². The van der Waals surface area contributed by atoms with Gasteiger partial charge in [0.25, 0.3) is 0 Å². The van der Waals surface area contributed by atoms with Crippen LogP contribution in [0.4, 0.5) is 31.9 Å². The van der Waals surface area contributed by atoms with Crippen molar-refractivity contribution in [2.75, 3.05) is 28.2 Å². The number of anilines is 4. The van der Waals surface area contributed by atoms with E-state index in [0.29, 0.717) is 0 Å². The fourth-order valence-corrected chi connectivity index (χ4v) is 3.53. The van der Waals surface area contributed by atoms with Gasteiger partial charge in [0.15, 0.2) is 5.82 Å². The molecular weight excluding hydrogens is 478 g/mol. The average Bonchev–Trinajstić information content (AvgIpc) is 2.73. The zero-order valence-electron chi connectivity index (χ0n) is 17.2. The van der Waals surface area contributed by atoms with Crippen LogP contribution in [0.5, 0.6) is 0 Å². The summed E-state index contributed by atoms with van der Waals surface area (Å²) < 4.78 is 53.4. The predicted molar refractivity (Wildman–Crippen MR) is 122 cm³/mol. The maximum absolute atomic E-state index is 14.2. The molecule has 1 heterocycles. The van der Waals surface area contributed by atoms with Gasteiger partial charge in [-0.15, -0.1) is 0 Å². The molecule has 0 aliphatic carbocycles. The fraction of sp³-hybridized carbons (Fsp3) is 0.150. The normalized spacial score (nSPS) is 11.2. The molecule has 0 radical (unpaired) electrons. The third-order valence-corrected chi connectivity index (χ3v) is 5.16. The van der Waals surface area contributed by atoms with Gasteiger partial charge in [-0.1, -0.05) is 17.7 Å². The third-order valence-electron chi connectivity index (χ3n) is 4.31. The molecule has 0 bridgehead atoms. The number of primary amides is 1. The lowest BCUT2D eigenvalue weighted by molar-refractivity contribution is 0.1000. The van der Waals surface area contributed by atoms with Crippen LogP contribution in [0.2, 0.25) is 5.02 Å². The molecule has 0 aliphatic heterocycles. The second kappa shape index (κ2) is 9.96. The molecule has 13 heteroatoms. The number of hydrogen-bond donors (Lipinski definition) is 4. The Labute approximate surface area is 193 Å². The van der Waals surface area contributed by atoms with Crippen LogP contribution in [-0.4, -0.2) is 37.1 Å². The van der Waals surface area contributed by atoms with E-state index in [1.807, 2.05) is 0 Å². The van der Waals surface area contributed by atoms with Gasteiger partial charge < -0.3 is 16.4 Å². The molecule has 0 aliphatic rings. The number of nitrogens with zero attached hydrogens (tertiary/aromatic N) is 2. The highest BCUT2D eigenvalue weighted by Crippen LogP contribution is 2.31. The maximum atomic E-state index is 14.2. The first-order valence-electron chi connectivity index (χ1n) is 9.41. The van der Waals surface area contributed by atoms with Gasteiger partial charge in [-0.25, -0.2) is 22.2 Å². The van der Waals surface area contributed by atoms with Crippen LogP contribution in [0.3, 0.4) is 0 Å². The Balaban J connectivity index is 1.76. The Kier molecular flexibility index (Phi) is 7.29. The summed E-state index contributed by atoms with van der Waals surface area (Å²) in [5.74, 6) is -1.74. The third kappa shape index (κ3) is 6.49. The van der Waals surface area contributed by atoms with Crippen LogP contribution < -0.4 is 21.1 Å².